The Balaban J connectivity index is 2.69. The van der Waals surface area contributed by atoms with Gasteiger partial charge in [0.2, 0.25) is 5.91 Å². The molecular formula is C11H12N2O. The molecule has 1 rings (SSSR count). The smallest absolute Gasteiger partial charge is 0.221 e. The van der Waals surface area contributed by atoms with Gasteiger partial charge in [0.1, 0.15) is 0 Å². The Hall–Kier alpha value is -1.95. The third-order valence-corrected chi connectivity index (χ3v) is 1.58. The standard InChI is InChI=1S/C11H12N2O/c1-3-7-12-10-5-4-6-11(8-10)13-9(2)14/h1,4-6,8,12H,7H2,2H3,(H,13,14). The predicted octanol–water partition coefficient (Wildman–Crippen LogP) is 1.69. The summed E-state index contributed by atoms with van der Waals surface area (Å²) in [4.78, 5) is 10.8. The Morgan fingerprint density at radius 1 is 1.50 bits per heavy atom. The van der Waals surface area contributed by atoms with E-state index in [0.717, 1.165) is 11.4 Å². The van der Waals surface area contributed by atoms with E-state index in [4.69, 9.17) is 6.42 Å². The summed E-state index contributed by atoms with van der Waals surface area (Å²) in [5.41, 5.74) is 1.66. The molecule has 0 unspecified atom stereocenters. The van der Waals surface area contributed by atoms with Gasteiger partial charge in [-0.25, -0.2) is 0 Å². The molecule has 0 aliphatic carbocycles. The van der Waals surface area contributed by atoms with Crippen LogP contribution in [0.25, 0.3) is 0 Å². The van der Waals surface area contributed by atoms with E-state index in [-0.39, 0.29) is 5.91 Å². The fourth-order valence-electron chi connectivity index (χ4n) is 1.06. The lowest BCUT2D eigenvalue weighted by molar-refractivity contribution is -0.114. The van der Waals surface area contributed by atoms with Gasteiger partial charge >= 0.3 is 0 Å². The molecule has 0 radical (unpaired) electrons. The summed E-state index contributed by atoms with van der Waals surface area (Å²) in [5.74, 6) is 2.39. The van der Waals surface area contributed by atoms with Gasteiger partial charge in [0, 0.05) is 18.3 Å². The van der Waals surface area contributed by atoms with Crippen LogP contribution in [0, 0.1) is 12.3 Å². The van der Waals surface area contributed by atoms with Crippen molar-refractivity contribution >= 4 is 17.3 Å². The SMILES string of the molecule is C#CCNc1cccc(NC(C)=O)c1. The van der Waals surface area contributed by atoms with Gasteiger partial charge in [-0.15, -0.1) is 6.42 Å². The van der Waals surface area contributed by atoms with Crippen LogP contribution in [0.5, 0.6) is 0 Å². The molecular weight excluding hydrogens is 176 g/mol. The molecule has 0 aliphatic rings. The van der Waals surface area contributed by atoms with Gasteiger partial charge in [-0.05, 0) is 18.2 Å². The molecule has 1 amide bonds. The van der Waals surface area contributed by atoms with E-state index in [2.05, 4.69) is 16.6 Å². The summed E-state index contributed by atoms with van der Waals surface area (Å²) < 4.78 is 0. The Morgan fingerprint density at radius 3 is 2.86 bits per heavy atom. The van der Waals surface area contributed by atoms with Crippen molar-refractivity contribution in [3.63, 3.8) is 0 Å². The van der Waals surface area contributed by atoms with Gasteiger partial charge in [0.15, 0.2) is 0 Å². The molecule has 3 heteroatoms. The summed E-state index contributed by atoms with van der Waals surface area (Å²) in [7, 11) is 0. The summed E-state index contributed by atoms with van der Waals surface area (Å²) >= 11 is 0. The highest BCUT2D eigenvalue weighted by Gasteiger charge is 1.96. The number of hydrogen-bond acceptors (Lipinski definition) is 2. The average molecular weight is 188 g/mol. The van der Waals surface area contributed by atoms with Gasteiger partial charge in [0.05, 0.1) is 6.54 Å². The second-order valence-corrected chi connectivity index (χ2v) is 2.82. The van der Waals surface area contributed by atoms with E-state index >= 15 is 0 Å². The fourth-order valence-corrected chi connectivity index (χ4v) is 1.06. The fraction of sp³-hybridized carbons (Fsp3) is 0.182. The van der Waals surface area contributed by atoms with Gasteiger partial charge < -0.3 is 10.6 Å². The Bertz CT molecular complexity index is 366. The van der Waals surface area contributed by atoms with Crippen LogP contribution in [-0.2, 0) is 4.79 Å². The van der Waals surface area contributed by atoms with Crippen molar-refractivity contribution in [1.82, 2.24) is 0 Å². The molecule has 0 aromatic heterocycles. The Kier molecular flexibility index (Phi) is 3.57. The van der Waals surface area contributed by atoms with Crippen molar-refractivity contribution in [2.24, 2.45) is 0 Å². The van der Waals surface area contributed by atoms with Crippen molar-refractivity contribution in [1.29, 1.82) is 0 Å². The Labute approximate surface area is 83.5 Å². The molecule has 3 nitrogen and oxygen atoms in total. The zero-order valence-corrected chi connectivity index (χ0v) is 8.00. The first kappa shape index (κ1) is 10.1. The Morgan fingerprint density at radius 2 is 2.21 bits per heavy atom. The molecule has 14 heavy (non-hydrogen) atoms. The number of carbonyl (C=O) groups is 1. The molecule has 0 saturated carbocycles. The van der Waals surface area contributed by atoms with Gasteiger partial charge in [-0.3, -0.25) is 4.79 Å². The first-order chi connectivity index (χ1) is 6.72. The highest BCUT2D eigenvalue weighted by molar-refractivity contribution is 5.89. The molecule has 0 saturated heterocycles. The number of amides is 1. The molecule has 1 aromatic rings. The first-order valence-electron chi connectivity index (χ1n) is 4.27. The highest BCUT2D eigenvalue weighted by Crippen LogP contribution is 2.14. The molecule has 0 heterocycles. The van der Waals surface area contributed by atoms with Crippen LogP contribution >= 0.6 is 0 Å². The monoisotopic (exact) mass is 188 g/mol. The van der Waals surface area contributed by atoms with E-state index in [9.17, 15) is 4.79 Å². The number of rotatable bonds is 3. The number of benzene rings is 1. The zero-order valence-electron chi connectivity index (χ0n) is 8.00. The van der Waals surface area contributed by atoms with E-state index in [1.165, 1.54) is 6.92 Å². The van der Waals surface area contributed by atoms with Crippen molar-refractivity contribution in [3.8, 4) is 12.3 Å². The van der Waals surface area contributed by atoms with Crippen LogP contribution in [0.15, 0.2) is 24.3 Å². The minimum Gasteiger partial charge on any atom is -0.374 e. The van der Waals surface area contributed by atoms with Crippen molar-refractivity contribution in [2.45, 2.75) is 6.92 Å². The van der Waals surface area contributed by atoms with E-state index in [1.54, 1.807) is 0 Å². The third-order valence-electron chi connectivity index (χ3n) is 1.58. The maximum absolute atomic E-state index is 10.8. The third kappa shape index (κ3) is 3.20. The quantitative estimate of drug-likeness (QED) is 0.709. The summed E-state index contributed by atoms with van der Waals surface area (Å²) in [5, 5.41) is 5.71. The summed E-state index contributed by atoms with van der Waals surface area (Å²) in [6.45, 7) is 1.95. The van der Waals surface area contributed by atoms with Crippen molar-refractivity contribution in [3.05, 3.63) is 24.3 Å². The lowest BCUT2D eigenvalue weighted by Crippen LogP contribution is -2.06. The maximum Gasteiger partial charge on any atom is 0.221 e. The van der Waals surface area contributed by atoms with Crippen LogP contribution in [0.1, 0.15) is 6.92 Å². The number of hydrogen-bond donors (Lipinski definition) is 2. The van der Waals surface area contributed by atoms with E-state index in [0.29, 0.717) is 6.54 Å². The van der Waals surface area contributed by atoms with Crippen LogP contribution < -0.4 is 10.6 Å². The predicted molar refractivity (Wildman–Crippen MR) is 58.1 cm³/mol. The van der Waals surface area contributed by atoms with Crippen LogP contribution in [-0.4, -0.2) is 12.5 Å². The molecule has 0 fully saturated rings. The molecule has 0 spiro atoms. The normalized spacial score (nSPS) is 8.86. The van der Waals surface area contributed by atoms with Crippen LogP contribution in [0.2, 0.25) is 0 Å². The molecule has 2 N–H and O–H groups in total. The van der Waals surface area contributed by atoms with E-state index in [1.807, 2.05) is 24.3 Å². The van der Waals surface area contributed by atoms with E-state index < -0.39 is 0 Å². The number of nitrogens with one attached hydrogen (secondary N) is 2. The number of anilines is 2. The lowest BCUT2D eigenvalue weighted by Gasteiger charge is -2.05. The van der Waals surface area contributed by atoms with Crippen LogP contribution in [0.4, 0.5) is 11.4 Å². The van der Waals surface area contributed by atoms with Crippen molar-refractivity contribution in [2.75, 3.05) is 17.2 Å². The van der Waals surface area contributed by atoms with Gasteiger partial charge in [-0.2, -0.15) is 0 Å². The summed E-state index contributed by atoms with van der Waals surface area (Å²) in [6, 6.07) is 7.40. The average Bonchev–Trinajstić information content (AvgIpc) is 2.14. The second-order valence-electron chi connectivity index (χ2n) is 2.82. The topological polar surface area (TPSA) is 41.1 Å². The summed E-state index contributed by atoms with van der Waals surface area (Å²) in [6.07, 6.45) is 5.11. The molecule has 1 aromatic carbocycles. The molecule has 72 valence electrons. The first-order valence-corrected chi connectivity index (χ1v) is 4.27. The number of terminal acetylenes is 1. The van der Waals surface area contributed by atoms with Crippen LogP contribution in [0.3, 0.4) is 0 Å². The van der Waals surface area contributed by atoms with Crippen molar-refractivity contribution < 1.29 is 4.79 Å². The molecule has 0 aliphatic heterocycles. The largest absolute Gasteiger partial charge is 0.374 e. The minimum absolute atomic E-state index is 0.0842. The lowest BCUT2D eigenvalue weighted by atomic mass is 10.2. The number of carbonyl (C=O) groups excluding carboxylic acids is 1. The molecule has 0 bridgehead atoms. The highest BCUT2D eigenvalue weighted by atomic mass is 16.1. The minimum atomic E-state index is -0.0842. The molecule has 0 atom stereocenters. The maximum atomic E-state index is 10.8. The van der Waals surface area contributed by atoms with Gasteiger partial charge in [-0.1, -0.05) is 12.0 Å². The van der Waals surface area contributed by atoms with Gasteiger partial charge in [0.25, 0.3) is 0 Å². The second kappa shape index (κ2) is 4.93. The zero-order chi connectivity index (χ0) is 10.4.